The van der Waals surface area contributed by atoms with Gasteiger partial charge >= 0.3 is 6.61 Å². The van der Waals surface area contributed by atoms with Gasteiger partial charge in [0, 0.05) is 11.8 Å². The van der Waals surface area contributed by atoms with E-state index in [1.165, 1.54) is 6.92 Å². The summed E-state index contributed by atoms with van der Waals surface area (Å²) < 4.78 is 51.5. The van der Waals surface area contributed by atoms with Crippen LogP contribution in [0, 0.1) is 6.92 Å². The quantitative estimate of drug-likeness (QED) is 0.462. The summed E-state index contributed by atoms with van der Waals surface area (Å²) in [6, 6.07) is 1.14. The molecule has 1 aromatic rings. The van der Waals surface area contributed by atoms with Crippen LogP contribution in [0.2, 0.25) is 0 Å². The maximum Gasteiger partial charge on any atom is 0.388 e. The molecule has 0 aliphatic rings. The second-order valence-electron chi connectivity index (χ2n) is 2.39. The number of nitrogens with zero attached hydrogens (tertiary/aromatic N) is 2. The van der Waals surface area contributed by atoms with Crippen LogP contribution in [0.25, 0.3) is 0 Å². The van der Waals surface area contributed by atoms with Crippen molar-refractivity contribution < 1.29 is 22.3 Å². The van der Waals surface area contributed by atoms with E-state index >= 15 is 0 Å². The lowest BCUT2D eigenvalue weighted by Gasteiger charge is -2.05. The molecule has 0 spiro atoms. The molecule has 0 aliphatic heterocycles. The fourth-order valence-electron chi connectivity index (χ4n) is 0.797. The topological polar surface area (TPSA) is 35.0 Å². The molecular formula is C7H6F4N2OS. The van der Waals surface area contributed by atoms with Gasteiger partial charge in [-0.15, -0.1) is 0 Å². The standard InChI is InChI=1S/C7H6F4N2OS/c1-3-2-4(14-5(8)9)13-7(12-3)15-6(10)11/h2,5-6H,1H3. The van der Waals surface area contributed by atoms with Gasteiger partial charge in [-0.1, -0.05) is 0 Å². The number of hydrogen-bond donors (Lipinski definition) is 0. The average Bonchev–Trinajstić information content (AvgIpc) is 1.98. The number of halogens is 4. The molecule has 3 nitrogen and oxygen atoms in total. The normalized spacial score (nSPS) is 11.1. The van der Waals surface area contributed by atoms with Gasteiger partial charge in [0.1, 0.15) is 0 Å². The van der Waals surface area contributed by atoms with Crippen molar-refractivity contribution in [1.82, 2.24) is 9.97 Å². The predicted molar refractivity (Wildman–Crippen MR) is 45.3 cm³/mol. The first kappa shape index (κ1) is 12.0. The molecule has 0 unspecified atom stereocenters. The van der Waals surface area contributed by atoms with E-state index in [1.807, 2.05) is 0 Å². The third kappa shape index (κ3) is 4.32. The van der Waals surface area contributed by atoms with Crippen LogP contribution in [-0.2, 0) is 0 Å². The van der Waals surface area contributed by atoms with E-state index in [4.69, 9.17) is 0 Å². The van der Waals surface area contributed by atoms with Gasteiger partial charge in [-0.2, -0.15) is 22.5 Å². The van der Waals surface area contributed by atoms with Gasteiger partial charge in [0.25, 0.3) is 5.76 Å². The Hall–Kier alpha value is -1.05. The first-order valence-corrected chi connectivity index (χ1v) is 4.60. The molecule has 8 heteroatoms. The smallest absolute Gasteiger partial charge is 0.388 e. The number of rotatable bonds is 4. The Bertz CT molecular complexity index is 309. The van der Waals surface area contributed by atoms with Crippen molar-refractivity contribution in [3.05, 3.63) is 11.8 Å². The second-order valence-corrected chi connectivity index (χ2v) is 3.34. The van der Waals surface area contributed by atoms with Crippen LogP contribution in [0.15, 0.2) is 11.2 Å². The van der Waals surface area contributed by atoms with Gasteiger partial charge in [0.2, 0.25) is 5.88 Å². The Kier molecular flexibility index (Phi) is 4.13. The molecule has 0 aromatic carbocycles. The first-order valence-electron chi connectivity index (χ1n) is 3.72. The molecule has 84 valence electrons. The van der Waals surface area contributed by atoms with Crippen LogP contribution in [0.4, 0.5) is 17.6 Å². The monoisotopic (exact) mass is 242 g/mol. The fraction of sp³-hybridized carbons (Fsp3) is 0.429. The fourth-order valence-corrected chi connectivity index (χ4v) is 1.30. The number of alkyl halides is 4. The van der Waals surface area contributed by atoms with E-state index in [9.17, 15) is 17.6 Å². The Morgan fingerprint density at radius 1 is 1.27 bits per heavy atom. The van der Waals surface area contributed by atoms with Gasteiger partial charge in [-0.25, -0.2) is 4.98 Å². The minimum atomic E-state index is -3.04. The van der Waals surface area contributed by atoms with Gasteiger partial charge in [0.15, 0.2) is 5.16 Å². The molecule has 0 fully saturated rings. The van der Waals surface area contributed by atoms with Crippen LogP contribution in [0.3, 0.4) is 0 Å². The van der Waals surface area contributed by atoms with Crippen LogP contribution < -0.4 is 4.74 Å². The molecule has 0 bridgehead atoms. The molecule has 0 atom stereocenters. The third-order valence-electron chi connectivity index (χ3n) is 1.21. The average molecular weight is 242 g/mol. The van der Waals surface area contributed by atoms with Gasteiger partial charge in [0.05, 0.1) is 0 Å². The number of thioether (sulfide) groups is 1. The summed E-state index contributed by atoms with van der Waals surface area (Å²) in [6.07, 6.45) is 0. The molecule has 0 aliphatic carbocycles. The minimum Gasteiger partial charge on any atom is -0.417 e. The van der Waals surface area contributed by atoms with Crippen molar-refractivity contribution in [2.75, 3.05) is 0 Å². The van der Waals surface area contributed by atoms with Crippen molar-refractivity contribution in [3.63, 3.8) is 0 Å². The molecule has 1 aromatic heterocycles. The van der Waals surface area contributed by atoms with E-state index < -0.39 is 18.2 Å². The van der Waals surface area contributed by atoms with Crippen LogP contribution in [0.5, 0.6) is 5.88 Å². The minimum absolute atomic E-state index is 0.0734. The summed E-state index contributed by atoms with van der Waals surface area (Å²) in [7, 11) is 0. The lowest BCUT2D eigenvalue weighted by molar-refractivity contribution is -0.0533. The van der Waals surface area contributed by atoms with Gasteiger partial charge in [-0.3, -0.25) is 0 Å². The van der Waals surface area contributed by atoms with Crippen molar-refractivity contribution in [2.45, 2.75) is 24.4 Å². The lowest BCUT2D eigenvalue weighted by atomic mass is 10.4. The van der Waals surface area contributed by atoms with E-state index in [0.717, 1.165) is 6.07 Å². The first-order chi connectivity index (χ1) is 6.97. The summed E-state index contributed by atoms with van der Waals surface area (Å²) in [5.41, 5.74) is 0.281. The molecule has 0 N–H and O–H groups in total. The zero-order valence-electron chi connectivity index (χ0n) is 7.45. The molecule has 0 radical (unpaired) electrons. The van der Waals surface area contributed by atoms with Crippen molar-refractivity contribution in [3.8, 4) is 5.88 Å². The van der Waals surface area contributed by atoms with E-state index in [0.29, 0.717) is 0 Å². The van der Waals surface area contributed by atoms with Gasteiger partial charge < -0.3 is 4.74 Å². The molecule has 0 saturated heterocycles. The van der Waals surface area contributed by atoms with E-state index in [2.05, 4.69) is 14.7 Å². The zero-order chi connectivity index (χ0) is 11.4. The highest BCUT2D eigenvalue weighted by molar-refractivity contribution is 7.99. The Morgan fingerprint density at radius 3 is 2.47 bits per heavy atom. The Labute approximate surface area is 86.9 Å². The molecule has 0 amide bonds. The maximum absolute atomic E-state index is 11.9. The Balaban J connectivity index is 2.84. The lowest BCUT2D eigenvalue weighted by Crippen LogP contribution is -2.05. The molecule has 0 saturated carbocycles. The summed E-state index contributed by atoms with van der Waals surface area (Å²) in [4.78, 5) is 7.01. The molecular weight excluding hydrogens is 236 g/mol. The second kappa shape index (κ2) is 5.15. The summed E-state index contributed by atoms with van der Waals surface area (Å²) >= 11 is 0.0734. The van der Waals surface area contributed by atoms with Crippen LogP contribution in [-0.4, -0.2) is 22.3 Å². The summed E-state index contributed by atoms with van der Waals surface area (Å²) in [6.45, 7) is -1.57. The maximum atomic E-state index is 11.9. The Morgan fingerprint density at radius 2 is 1.93 bits per heavy atom. The van der Waals surface area contributed by atoms with E-state index in [1.54, 1.807) is 0 Å². The van der Waals surface area contributed by atoms with Crippen molar-refractivity contribution >= 4 is 11.8 Å². The molecule has 1 heterocycles. The van der Waals surface area contributed by atoms with Crippen LogP contribution >= 0.6 is 11.8 Å². The summed E-state index contributed by atoms with van der Waals surface area (Å²) in [5, 5.41) is -0.291. The van der Waals surface area contributed by atoms with Crippen molar-refractivity contribution in [1.29, 1.82) is 0 Å². The van der Waals surface area contributed by atoms with Crippen molar-refractivity contribution in [2.24, 2.45) is 0 Å². The molecule has 1 rings (SSSR count). The highest BCUT2D eigenvalue weighted by Crippen LogP contribution is 2.24. The SMILES string of the molecule is Cc1cc(OC(F)F)nc(SC(F)F)n1. The number of ether oxygens (including phenoxy) is 1. The highest BCUT2D eigenvalue weighted by Gasteiger charge is 2.12. The number of aromatic nitrogens is 2. The zero-order valence-corrected chi connectivity index (χ0v) is 8.27. The number of hydrogen-bond acceptors (Lipinski definition) is 4. The largest absolute Gasteiger partial charge is 0.417 e. The van der Waals surface area contributed by atoms with Crippen LogP contribution in [0.1, 0.15) is 5.69 Å². The predicted octanol–water partition coefficient (Wildman–Crippen LogP) is 2.70. The number of aryl methyl sites for hydroxylation is 1. The summed E-state index contributed by atoms with van der Waals surface area (Å²) in [5.74, 6) is -3.12. The van der Waals surface area contributed by atoms with E-state index in [-0.39, 0.29) is 22.6 Å². The molecule has 15 heavy (non-hydrogen) atoms. The highest BCUT2D eigenvalue weighted by atomic mass is 32.2. The third-order valence-corrected chi connectivity index (χ3v) is 1.79. The van der Waals surface area contributed by atoms with Gasteiger partial charge in [-0.05, 0) is 18.7 Å².